The minimum atomic E-state index is -0.484. The molecule has 0 saturated heterocycles. The van der Waals surface area contributed by atoms with Crippen molar-refractivity contribution in [3.05, 3.63) is 77.4 Å². The summed E-state index contributed by atoms with van der Waals surface area (Å²) in [5.41, 5.74) is 2.18. The van der Waals surface area contributed by atoms with Crippen molar-refractivity contribution < 1.29 is 14.3 Å². The van der Waals surface area contributed by atoms with Gasteiger partial charge in [0.1, 0.15) is 17.9 Å². The maximum Gasteiger partial charge on any atom is 0.228 e. The van der Waals surface area contributed by atoms with Crippen molar-refractivity contribution in [1.29, 1.82) is 0 Å². The molecule has 0 unspecified atom stereocenters. The second kappa shape index (κ2) is 6.49. The number of ketones is 1. The third-order valence-corrected chi connectivity index (χ3v) is 3.50. The smallest absolute Gasteiger partial charge is 0.228 e. The van der Waals surface area contributed by atoms with Gasteiger partial charge in [-0.2, -0.15) is 0 Å². The molecule has 3 rings (SSSR count). The SMILES string of the molecule is Cn1cnc(C(=O)/C=C(\O)c2c[nH]cc2Cc2ccc(F)cc2)n1. The number of hydrogen-bond donors (Lipinski definition) is 2. The van der Waals surface area contributed by atoms with Crippen molar-refractivity contribution in [3.8, 4) is 0 Å². The van der Waals surface area contributed by atoms with Crippen LogP contribution in [0.15, 0.2) is 49.1 Å². The normalized spacial score (nSPS) is 11.7. The van der Waals surface area contributed by atoms with Crippen LogP contribution in [0.4, 0.5) is 4.39 Å². The highest BCUT2D eigenvalue weighted by atomic mass is 19.1. The summed E-state index contributed by atoms with van der Waals surface area (Å²) in [7, 11) is 1.65. The summed E-state index contributed by atoms with van der Waals surface area (Å²) in [4.78, 5) is 18.8. The van der Waals surface area contributed by atoms with Gasteiger partial charge in [-0.25, -0.2) is 9.37 Å². The molecule has 2 heterocycles. The molecule has 0 bridgehead atoms. The van der Waals surface area contributed by atoms with Crippen LogP contribution < -0.4 is 0 Å². The van der Waals surface area contributed by atoms with Crippen LogP contribution in [-0.2, 0) is 13.5 Å². The van der Waals surface area contributed by atoms with Crippen LogP contribution in [0, 0.1) is 5.82 Å². The van der Waals surface area contributed by atoms with E-state index in [-0.39, 0.29) is 17.4 Å². The average molecular weight is 326 g/mol. The van der Waals surface area contributed by atoms with Crippen LogP contribution in [0.1, 0.15) is 27.3 Å². The first-order chi connectivity index (χ1) is 11.5. The summed E-state index contributed by atoms with van der Waals surface area (Å²) in [5, 5.41) is 14.1. The molecule has 0 saturated carbocycles. The number of aliphatic hydroxyl groups excluding tert-OH is 1. The number of carbonyl (C=O) groups is 1. The Hall–Kier alpha value is -3.22. The van der Waals surface area contributed by atoms with Crippen molar-refractivity contribution in [2.75, 3.05) is 0 Å². The summed E-state index contributed by atoms with van der Waals surface area (Å²) in [5.74, 6) is -0.947. The Morgan fingerprint density at radius 2 is 2.08 bits per heavy atom. The van der Waals surface area contributed by atoms with Gasteiger partial charge in [-0.3, -0.25) is 9.48 Å². The lowest BCUT2D eigenvalue weighted by Crippen LogP contribution is -2.01. The number of aryl methyl sites for hydroxylation is 1. The van der Waals surface area contributed by atoms with Gasteiger partial charge in [0.2, 0.25) is 11.6 Å². The van der Waals surface area contributed by atoms with Crippen molar-refractivity contribution in [2.45, 2.75) is 6.42 Å². The van der Waals surface area contributed by atoms with E-state index in [0.29, 0.717) is 12.0 Å². The van der Waals surface area contributed by atoms with E-state index in [1.54, 1.807) is 31.6 Å². The molecular weight excluding hydrogens is 311 g/mol. The average Bonchev–Trinajstić information content (AvgIpc) is 3.18. The largest absolute Gasteiger partial charge is 0.507 e. The number of allylic oxidation sites excluding steroid dienone is 1. The zero-order valence-corrected chi connectivity index (χ0v) is 12.9. The number of carbonyl (C=O) groups excluding carboxylic acids is 1. The van der Waals surface area contributed by atoms with Crippen LogP contribution in [0.3, 0.4) is 0 Å². The van der Waals surface area contributed by atoms with Crippen molar-refractivity contribution in [3.63, 3.8) is 0 Å². The predicted molar refractivity (Wildman–Crippen MR) is 85.9 cm³/mol. The van der Waals surface area contributed by atoms with Gasteiger partial charge >= 0.3 is 0 Å². The highest BCUT2D eigenvalue weighted by Crippen LogP contribution is 2.20. The van der Waals surface area contributed by atoms with Crippen LogP contribution >= 0.6 is 0 Å². The first-order valence-electron chi connectivity index (χ1n) is 7.24. The number of benzene rings is 1. The number of aliphatic hydroxyl groups is 1. The maximum absolute atomic E-state index is 13.0. The third kappa shape index (κ3) is 3.40. The Balaban J connectivity index is 1.82. The van der Waals surface area contributed by atoms with E-state index >= 15 is 0 Å². The van der Waals surface area contributed by atoms with E-state index in [0.717, 1.165) is 17.2 Å². The zero-order valence-electron chi connectivity index (χ0n) is 12.9. The topological polar surface area (TPSA) is 83.8 Å². The fourth-order valence-corrected chi connectivity index (χ4v) is 2.32. The maximum atomic E-state index is 13.0. The molecule has 3 aromatic rings. The summed E-state index contributed by atoms with van der Waals surface area (Å²) in [6.07, 6.45) is 6.32. The molecule has 2 N–H and O–H groups in total. The molecule has 0 aliphatic heterocycles. The lowest BCUT2D eigenvalue weighted by atomic mass is 10.0. The fraction of sp³-hybridized carbons (Fsp3) is 0.118. The van der Waals surface area contributed by atoms with Gasteiger partial charge in [-0.15, -0.1) is 5.10 Å². The third-order valence-electron chi connectivity index (χ3n) is 3.50. The van der Waals surface area contributed by atoms with Crippen LogP contribution in [0.25, 0.3) is 5.76 Å². The molecule has 1 aromatic carbocycles. The number of H-pyrrole nitrogens is 1. The standard InChI is InChI=1S/C17H15FN4O2/c1-22-10-20-17(21-22)16(24)7-15(23)14-9-19-8-12(14)6-11-2-4-13(18)5-3-11/h2-5,7-10,19,23H,6H2,1H3/b15-7-. The molecule has 0 aliphatic carbocycles. The molecule has 122 valence electrons. The molecule has 7 heteroatoms. The molecule has 0 atom stereocenters. The molecule has 2 aromatic heterocycles. The quantitative estimate of drug-likeness (QED) is 0.429. The van der Waals surface area contributed by atoms with E-state index in [1.807, 2.05) is 0 Å². The van der Waals surface area contributed by atoms with Crippen LogP contribution in [0.5, 0.6) is 0 Å². The number of aromatic amines is 1. The number of nitrogens with zero attached hydrogens (tertiary/aromatic N) is 3. The molecule has 6 nitrogen and oxygen atoms in total. The van der Waals surface area contributed by atoms with E-state index in [1.165, 1.54) is 23.1 Å². The summed E-state index contributed by atoms with van der Waals surface area (Å²) >= 11 is 0. The second-order valence-electron chi connectivity index (χ2n) is 5.33. The van der Waals surface area contributed by atoms with Gasteiger partial charge in [-0.05, 0) is 29.7 Å². The van der Waals surface area contributed by atoms with E-state index in [9.17, 15) is 14.3 Å². The minimum Gasteiger partial charge on any atom is -0.507 e. The molecular formula is C17H15FN4O2. The Kier molecular flexibility index (Phi) is 4.24. The fourth-order valence-electron chi connectivity index (χ4n) is 2.32. The summed E-state index contributed by atoms with van der Waals surface area (Å²) in [6, 6.07) is 6.12. The zero-order chi connectivity index (χ0) is 17.1. The molecule has 0 spiro atoms. The molecule has 0 amide bonds. The van der Waals surface area contributed by atoms with Gasteiger partial charge in [0.25, 0.3) is 0 Å². The lowest BCUT2D eigenvalue weighted by Gasteiger charge is -2.04. The number of nitrogens with one attached hydrogen (secondary N) is 1. The molecule has 24 heavy (non-hydrogen) atoms. The van der Waals surface area contributed by atoms with Crippen LogP contribution in [-0.4, -0.2) is 30.6 Å². The summed E-state index contributed by atoms with van der Waals surface area (Å²) in [6.45, 7) is 0. The Morgan fingerprint density at radius 1 is 1.33 bits per heavy atom. The van der Waals surface area contributed by atoms with Crippen molar-refractivity contribution >= 4 is 11.5 Å². The molecule has 0 radical (unpaired) electrons. The van der Waals surface area contributed by atoms with Crippen molar-refractivity contribution in [2.24, 2.45) is 7.05 Å². The van der Waals surface area contributed by atoms with Crippen LogP contribution in [0.2, 0.25) is 0 Å². The van der Waals surface area contributed by atoms with Gasteiger partial charge in [0.05, 0.1) is 0 Å². The lowest BCUT2D eigenvalue weighted by molar-refractivity contribution is 0.103. The number of hydrogen-bond acceptors (Lipinski definition) is 4. The van der Waals surface area contributed by atoms with Gasteiger partial charge in [0, 0.05) is 31.1 Å². The second-order valence-corrected chi connectivity index (χ2v) is 5.33. The van der Waals surface area contributed by atoms with E-state index in [4.69, 9.17) is 0 Å². The molecule has 0 fully saturated rings. The highest BCUT2D eigenvalue weighted by molar-refractivity contribution is 6.05. The predicted octanol–water partition coefficient (Wildman–Crippen LogP) is 2.65. The number of rotatable bonds is 5. The Labute approximate surface area is 137 Å². The van der Waals surface area contributed by atoms with Gasteiger partial charge < -0.3 is 10.1 Å². The Morgan fingerprint density at radius 3 is 2.75 bits per heavy atom. The van der Waals surface area contributed by atoms with Gasteiger partial charge in [0.15, 0.2) is 0 Å². The Bertz CT molecular complexity index is 893. The molecule has 0 aliphatic rings. The first-order valence-corrected chi connectivity index (χ1v) is 7.24. The number of aromatic nitrogens is 4. The van der Waals surface area contributed by atoms with Crippen molar-refractivity contribution in [1.82, 2.24) is 19.7 Å². The monoisotopic (exact) mass is 326 g/mol. The minimum absolute atomic E-state index is 0.0136. The summed E-state index contributed by atoms with van der Waals surface area (Å²) < 4.78 is 14.4. The first kappa shape index (κ1) is 15.7. The van der Waals surface area contributed by atoms with Gasteiger partial charge in [-0.1, -0.05) is 12.1 Å². The number of halogens is 1. The highest BCUT2D eigenvalue weighted by Gasteiger charge is 2.13. The van der Waals surface area contributed by atoms with E-state index < -0.39 is 5.78 Å². The van der Waals surface area contributed by atoms with E-state index in [2.05, 4.69) is 15.1 Å².